The molecule has 1 aliphatic carbocycles. The molecule has 2 unspecified atom stereocenters. The van der Waals surface area contributed by atoms with Crippen LogP contribution >= 0.6 is 0 Å². The van der Waals surface area contributed by atoms with Crippen LogP contribution in [-0.2, 0) is 9.59 Å². The molecule has 0 N–H and O–H groups in total. The summed E-state index contributed by atoms with van der Waals surface area (Å²) in [6.07, 6.45) is 8.75. The number of hydrogen-bond acceptors (Lipinski definition) is 2. The van der Waals surface area contributed by atoms with E-state index in [0.29, 0.717) is 37.9 Å². The molecule has 4 nitrogen and oxygen atoms in total. The fourth-order valence-corrected chi connectivity index (χ4v) is 3.04. The third-order valence-electron chi connectivity index (χ3n) is 4.15. The smallest absolute Gasteiger partial charge is 0.223 e. The second kappa shape index (κ2) is 4.31. The van der Waals surface area contributed by atoms with Crippen molar-refractivity contribution in [3.05, 3.63) is 0 Å². The maximum absolute atomic E-state index is 11.8. The standard InChI is InChI=1S/C14H18N2O2/c1-2-10-5-13(17)15(7-10)8-11-6-14(18)16(9-11)12-3-4-12/h1,10-12H,3-9H2. The van der Waals surface area contributed by atoms with Crippen molar-refractivity contribution in [3.8, 4) is 12.3 Å². The number of likely N-dealkylation sites (tertiary alicyclic amines) is 2. The molecule has 0 bridgehead atoms. The molecule has 0 aromatic heterocycles. The molecule has 3 fully saturated rings. The van der Waals surface area contributed by atoms with E-state index in [1.54, 1.807) is 0 Å². The van der Waals surface area contributed by atoms with Crippen LogP contribution in [0.15, 0.2) is 0 Å². The van der Waals surface area contributed by atoms with Gasteiger partial charge in [-0.25, -0.2) is 0 Å². The molecule has 0 spiro atoms. The maximum atomic E-state index is 11.8. The lowest BCUT2D eigenvalue weighted by Crippen LogP contribution is -2.33. The largest absolute Gasteiger partial charge is 0.341 e. The molecular weight excluding hydrogens is 228 g/mol. The van der Waals surface area contributed by atoms with Gasteiger partial charge in [-0.2, -0.15) is 0 Å². The van der Waals surface area contributed by atoms with E-state index in [4.69, 9.17) is 6.42 Å². The molecule has 2 atom stereocenters. The minimum absolute atomic E-state index is 0.0640. The summed E-state index contributed by atoms with van der Waals surface area (Å²) in [7, 11) is 0. The third kappa shape index (κ3) is 2.10. The Labute approximate surface area is 107 Å². The monoisotopic (exact) mass is 246 g/mol. The number of amides is 2. The molecule has 3 rings (SSSR count). The molecule has 18 heavy (non-hydrogen) atoms. The zero-order chi connectivity index (χ0) is 12.7. The highest BCUT2D eigenvalue weighted by molar-refractivity contribution is 5.81. The molecule has 3 aliphatic rings. The van der Waals surface area contributed by atoms with Crippen LogP contribution in [0.25, 0.3) is 0 Å². The predicted octanol–water partition coefficient (Wildman–Crippen LogP) is 0.479. The van der Waals surface area contributed by atoms with Crippen LogP contribution in [-0.4, -0.2) is 47.3 Å². The summed E-state index contributed by atoms with van der Waals surface area (Å²) in [5.41, 5.74) is 0. The van der Waals surface area contributed by atoms with Crippen molar-refractivity contribution in [2.24, 2.45) is 11.8 Å². The van der Waals surface area contributed by atoms with Gasteiger partial charge in [-0.15, -0.1) is 12.3 Å². The Balaban J connectivity index is 1.56. The van der Waals surface area contributed by atoms with E-state index < -0.39 is 0 Å². The fraction of sp³-hybridized carbons (Fsp3) is 0.714. The molecule has 96 valence electrons. The van der Waals surface area contributed by atoms with Crippen molar-refractivity contribution in [1.29, 1.82) is 0 Å². The number of terminal acetylenes is 1. The second-order valence-electron chi connectivity index (χ2n) is 5.71. The number of nitrogens with zero attached hydrogens (tertiary/aromatic N) is 2. The topological polar surface area (TPSA) is 40.6 Å². The first-order valence-corrected chi connectivity index (χ1v) is 6.70. The van der Waals surface area contributed by atoms with Crippen molar-refractivity contribution in [3.63, 3.8) is 0 Å². The van der Waals surface area contributed by atoms with E-state index in [1.807, 2.05) is 9.80 Å². The Kier molecular flexibility index (Phi) is 2.77. The lowest BCUT2D eigenvalue weighted by atomic mass is 10.1. The van der Waals surface area contributed by atoms with Gasteiger partial charge >= 0.3 is 0 Å². The van der Waals surface area contributed by atoms with Crippen LogP contribution < -0.4 is 0 Å². The lowest BCUT2D eigenvalue weighted by Gasteiger charge is -2.20. The summed E-state index contributed by atoms with van der Waals surface area (Å²) in [6.45, 7) is 2.20. The highest BCUT2D eigenvalue weighted by Crippen LogP contribution is 2.33. The minimum atomic E-state index is 0.0640. The lowest BCUT2D eigenvalue weighted by molar-refractivity contribution is -0.129. The van der Waals surface area contributed by atoms with E-state index in [0.717, 1.165) is 19.4 Å². The highest BCUT2D eigenvalue weighted by Gasteiger charge is 2.40. The third-order valence-corrected chi connectivity index (χ3v) is 4.15. The van der Waals surface area contributed by atoms with Crippen LogP contribution in [0, 0.1) is 24.2 Å². The molecule has 2 saturated heterocycles. The predicted molar refractivity (Wildman–Crippen MR) is 66.4 cm³/mol. The van der Waals surface area contributed by atoms with Crippen molar-refractivity contribution in [1.82, 2.24) is 9.80 Å². The van der Waals surface area contributed by atoms with Gasteiger partial charge in [-0.1, -0.05) is 0 Å². The molecule has 0 aromatic carbocycles. The average Bonchev–Trinajstić information content (AvgIpc) is 3.04. The number of hydrogen-bond donors (Lipinski definition) is 0. The molecule has 2 aliphatic heterocycles. The van der Waals surface area contributed by atoms with Crippen LogP contribution in [0.4, 0.5) is 0 Å². The maximum Gasteiger partial charge on any atom is 0.223 e. The second-order valence-corrected chi connectivity index (χ2v) is 5.71. The van der Waals surface area contributed by atoms with Gasteiger partial charge in [0.05, 0.1) is 0 Å². The Morgan fingerprint density at radius 2 is 1.94 bits per heavy atom. The van der Waals surface area contributed by atoms with Crippen LogP contribution in [0.2, 0.25) is 0 Å². The average molecular weight is 246 g/mol. The molecule has 4 heteroatoms. The van der Waals surface area contributed by atoms with E-state index >= 15 is 0 Å². The zero-order valence-electron chi connectivity index (χ0n) is 10.5. The van der Waals surface area contributed by atoms with Crippen molar-refractivity contribution in [2.75, 3.05) is 19.6 Å². The molecule has 2 amide bonds. The van der Waals surface area contributed by atoms with Gasteiger partial charge in [-0.3, -0.25) is 9.59 Å². The van der Waals surface area contributed by atoms with Gasteiger partial charge in [0.25, 0.3) is 0 Å². The van der Waals surface area contributed by atoms with Crippen LogP contribution in [0.1, 0.15) is 25.7 Å². The quantitative estimate of drug-likeness (QED) is 0.680. The summed E-state index contributed by atoms with van der Waals surface area (Å²) in [4.78, 5) is 27.5. The Morgan fingerprint density at radius 3 is 2.56 bits per heavy atom. The molecule has 0 aromatic rings. The van der Waals surface area contributed by atoms with E-state index in [2.05, 4.69) is 5.92 Å². The van der Waals surface area contributed by atoms with Gasteiger partial charge in [-0.05, 0) is 12.8 Å². The van der Waals surface area contributed by atoms with Crippen molar-refractivity contribution >= 4 is 11.8 Å². The zero-order valence-corrected chi connectivity index (χ0v) is 10.5. The summed E-state index contributed by atoms with van der Waals surface area (Å²) in [6, 6.07) is 0.496. The molecular formula is C14H18N2O2. The van der Waals surface area contributed by atoms with E-state index in [9.17, 15) is 9.59 Å². The number of rotatable bonds is 3. The number of carbonyl (C=O) groups excluding carboxylic acids is 2. The van der Waals surface area contributed by atoms with E-state index in [-0.39, 0.29) is 17.7 Å². The minimum Gasteiger partial charge on any atom is -0.341 e. The first-order chi connectivity index (χ1) is 8.67. The van der Waals surface area contributed by atoms with Gasteiger partial charge in [0.2, 0.25) is 11.8 Å². The van der Waals surface area contributed by atoms with Crippen molar-refractivity contribution < 1.29 is 9.59 Å². The van der Waals surface area contributed by atoms with Gasteiger partial charge in [0, 0.05) is 50.4 Å². The van der Waals surface area contributed by atoms with Crippen LogP contribution in [0.3, 0.4) is 0 Å². The van der Waals surface area contributed by atoms with E-state index in [1.165, 1.54) is 0 Å². The normalized spacial score (nSPS) is 32.2. The first-order valence-electron chi connectivity index (χ1n) is 6.70. The Hall–Kier alpha value is -1.50. The Bertz CT molecular complexity index is 422. The molecule has 0 radical (unpaired) electrons. The van der Waals surface area contributed by atoms with Crippen molar-refractivity contribution in [2.45, 2.75) is 31.7 Å². The summed E-state index contributed by atoms with van der Waals surface area (Å²) in [5, 5.41) is 0. The summed E-state index contributed by atoms with van der Waals surface area (Å²) in [5.74, 6) is 3.44. The van der Waals surface area contributed by atoms with Gasteiger partial charge in [0.1, 0.15) is 0 Å². The molecule has 2 heterocycles. The first kappa shape index (κ1) is 11.6. The highest BCUT2D eigenvalue weighted by atomic mass is 16.2. The fourth-order valence-electron chi connectivity index (χ4n) is 3.04. The SMILES string of the molecule is C#CC1CC(=O)N(CC2CC(=O)N(C3CC3)C2)C1. The molecule has 1 saturated carbocycles. The summed E-state index contributed by atoms with van der Waals surface area (Å²) >= 11 is 0. The van der Waals surface area contributed by atoms with Gasteiger partial charge in [0.15, 0.2) is 0 Å². The Morgan fingerprint density at radius 1 is 1.17 bits per heavy atom. The van der Waals surface area contributed by atoms with Gasteiger partial charge < -0.3 is 9.80 Å². The summed E-state index contributed by atoms with van der Waals surface area (Å²) < 4.78 is 0. The number of carbonyl (C=O) groups is 2. The van der Waals surface area contributed by atoms with Crippen LogP contribution in [0.5, 0.6) is 0 Å².